The van der Waals surface area contributed by atoms with Crippen LogP contribution in [0.1, 0.15) is 0 Å². The molecule has 8 atom stereocenters. The first-order valence-corrected chi connectivity index (χ1v) is 13.6. The highest BCUT2D eigenvalue weighted by Gasteiger charge is 2.91. The summed E-state index contributed by atoms with van der Waals surface area (Å²) in [5.74, 6) is -7.20. The van der Waals surface area contributed by atoms with Gasteiger partial charge in [0, 0.05) is 11.8 Å². The summed E-state index contributed by atoms with van der Waals surface area (Å²) in [6.45, 7) is 0.833. The Morgan fingerprint density at radius 1 is 0.588 bits per heavy atom. The molecule has 0 amide bonds. The van der Waals surface area contributed by atoms with Crippen molar-refractivity contribution in [3.05, 3.63) is 32.3 Å². The van der Waals surface area contributed by atoms with E-state index in [4.69, 9.17) is 112 Å². The zero-order chi connectivity index (χ0) is 24.3. The third kappa shape index (κ3) is 1.95. The molecule has 0 N–H and O–H groups in total. The van der Waals surface area contributed by atoms with E-state index in [9.17, 15) is 4.79 Å². The molecule has 2 spiro atoms. The predicted molar refractivity (Wildman–Crippen MR) is 129 cm³/mol. The van der Waals surface area contributed by atoms with Crippen LogP contribution in [-0.4, -0.2) is 63.3 Å². The van der Waals surface area contributed by atoms with Crippen LogP contribution in [0.25, 0.3) is 0 Å². The molecule has 2 heterocycles. The van der Waals surface area contributed by atoms with E-state index in [0.29, 0.717) is 0 Å². The first-order chi connectivity index (χ1) is 15.9. The fraction of sp³-hybridized carbons (Fsp3) is 0.667. The molecule has 34 heavy (non-hydrogen) atoms. The van der Waals surface area contributed by atoms with Crippen LogP contribution < -0.4 is 0 Å². The number of carbonyl (C=O) groups is 1. The zero-order valence-electron chi connectivity index (χ0n) is 16.9. The fourth-order valence-corrected chi connectivity index (χ4v) is 11.6. The first-order valence-electron chi connectivity index (χ1n) is 10.6. The van der Waals surface area contributed by atoms with Gasteiger partial charge in [-0.2, -0.15) is 0 Å². The van der Waals surface area contributed by atoms with Gasteiger partial charge < -0.3 is 18.9 Å². The van der Waals surface area contributed by atoms with Crippen molar-refractivity contribution in [2.24, 2.45) is 23.7 Å². The molecule has 5 nitrogen and oxygen atoms in total. The minimum Gasteiger partial charge on any atom is -0.344 e. The van der Waals surface area contributed by atoms with Gasteiger partial charge in [0.2, 0.25) is 11.6 Å². The van der Waals surface area contributed by atoms with Gasteiger partial charge in [0.15, 0.2) is 0 Å². The van der Waals surface area contributed by atoms with Crippen LogP contribution in [0, 0.1) is 23.7 Å². The molecule has 13 heteroatoms. The van der Waals surface area contributed by atoms with Gasteiger partial charge in [0.05, 0.1) is 58.4 Å². The van der Waals surface area contributed by atoms with Crippen LogP contribution in [0.5, 0.6) is 0 Å². The molecule has 184 valence electrons. The van der Waals surface area contributed by atoms with Crippen molar-refractivity contribution in [1.82, 2.24) is 0 Å². The minimum absolute atomic E-state index is 0.00398. The second-order valence-corrected chi connectivity index (χ2v) is 13.4. The molecule has 4 fully saturated rings. The van der Waals surface area contributed by atoms with Crippen molar-refractivity contribution in [2.75, 3.05) is 26.4 Å². The molecule has 0 aromatic carbocycles. The molecule has 2 saturated carbocycles. The lowest BCUT2D eigenvalue weighted by molar-refractivity contribution is -0.176. The molecule has 5 aliphatic carbocycles. The lowest BCUT2D eigenvalue weighted by atomic mass is 9.72. The second-order valence-electron chi connectivity index (χ2n) is 9.52. The molecular weight excluding hydrogens is 616 g/mol. The normalized spacial score (nSPS) is 53.6. The molecule has 0 aromatic heterocycles. The minimum atomic E-state index is -1.70. The highest BCUT2D eigenvalue weighted by Crippen LogP contribution is 2.80. The van der Waals surface area contributed by atoms with Crippen LogP contribution in [0.3, 0.4) is 0 Å². The third-order valence-electron chi connectivity index (χ3n) is 8.60. The topological polar surface area (TPSA) is 54.0 Å². The van der Waals surface area contributed by atoms with E-state index < -0.39 is 54.7 Å². The largest absolute Gasteiger partial charge is 0.344 e. The zero-order valence-corrected chi connectivity index (χ0v) is 22.9. The average molecular weight is 630 g/mol. The summed E-state index contributed by atoms with van der Waals surface area (Å²) in [6, 6.07) is 0. The molecule has 0 radical (unpaired) electrons. The summed E-state index contributed by atoms with van der Waals surface area (Å²) in [5.41, 5.74) is 0. The van der Waals surface area contributed by atoms with Crippen LogP contribution in [0.4, 0.5) is 0 Å². The number of carbonyl (C=O) groups excluding carboxylic acids is 1. The fourth-order valence-electron chi connectivity index (χ4n) is 7.45. The Morgan fingerprint density at radius 3 is 1.21 bits per heavy atom. The number of rotatable bonds is 0. The Morgan fingerprint density at radius 2 is 0.882 bits per heavy atom. The maximum atomic E-state index is 14.6. The molecule has 2 aliphatic heterocycles. The number of ether oxygens (including phenoxy) is 4. The standard InChI is InChI=1S/C21H14Cl8O5/c22-12-14(24)18(28)9-7(16(12,26)20(18)31-3-4-32-20)1-2-8-10(11(9)30)19(29)15(25)13(23)17(8,27)21(19)33-5-6-34-21/h1-2,7-10H,3-6H2/t7-,8-,9-,10+,16+,17+,18+,19+/m0/s1. The highest BCUT2D eigenvalue weighted by molar-refractivity contribution is 6.54. The number of halogens is 8. The van der Waals surface area contributed by atoms with Crippen LogP contribution >= 0.6 is 92.8 Å². The van der Waals surface area contributed by atoms with E-state index >= 15 is 0 Å². The molecule has 7 rings (SSSR count). The van der Waals surface area contributed by atoms with Crippen molar-refractivity contribution in [1.29, 1.82) is 0 Å². The maximum absolute atomic E-state index is 14.6. The lowest BCUT2D eigenvalue weighted by Gasteiger charge is -2.41. The molecule has 0 aromatic rings. The van der Waals surface area contributed by atoms with Crippen molar-refractivity contribution in [3.8, 4) is 0 Å². The Kier molecular flexibility index (Phi) is 4.81. The monoisotopic (exact) mass is 626 g/mol. The van der Waals surface area contributed by atoms with E-state index in [2.05, 4.69) is 0 Å². The van der Waals surface area contributed by atoms with Gasteiger partial charge in [0.25, 0.3) is 0 Å². The summed E-state index contributed by atoms with van der Waals surface area (Å²) in [5, 5.41) is 0.167. The van der Waals surface area contributed by atoms with Crippen LogP contribution in [0.2, 0.25) is 0 Å². The number of fused-ring (bicyclic) bond motifs is 6. The highest BCUT2D eigenvalue weighted by atomic mass is 35.5. The third-order valence-corrected chi connectivity index (χ3v) is 13.9. The van der Waals surface area contributed by atoms with Gasteiger partial charge >= 0.3 is 0 Å². The van der Waals surface area contributed by atoms with Gasteiger partial charge in [-0.15, -0.1) is 46.4 Å². The number of ketones is 1. The summed E-state index contributed by atoms with van der Waals surface area (Å²) in [6.07, 6.45) is 3.52. The van der Waals surface area contributed by atoms with E-state index in [1.54, 1.807) is 12.2 Å². The van der Waals surface area contributed by atoms with Gasteiger partial charge in [-0.1, -0.05) is 58.6 Å². The van der Waals surface area contributed by atoms with E-state index in [0.717, 1.165) is 0 Å². The second kappa shape index (κ2) is 6.78. The quantitative estimate of drug-likeness (QED) is 0.265. The van der Waals surface area contributed by atoms with Crippen LogP contribution in [-0.2, 0) is 23.7 Å². The number of alkyl halides is 4. The summed E-state index contributed by atoms with van der Waals surface area (Å²) in [4.78, 5) is 8.07. The molecule has 7 aliphatic rings. The number of Topliss-reactive ketones (excluding diaryl/α,β-unsaturated/α-hetero) is 1. The molecule has 4 bridgehead atoms. The van der Waals surface area contributed by atoms with Gasteiger partial charge in [-0.3, -0.25) is 4.79 Å². The number of allylic oxidation sites excluding steroid dienone is 2. The Labute approximate surface area is 234 Å². The van der Waals surface area contributed by atoms with Crippen molar-refractivity contribution in [2.45, 2.75) is 31.1 Å². The molecular formula is C21H14Cl8O5. The molecule has 0 unspecified atom stereocenters. The summed E-state index contributed by atoms with van der Waals surface area (Å²) in [7, 11) is 0. The Bertz CT molecular complexity index is 1070. The van der Waals surface area contributed by atoms with E-state index in [-0.39, 0.29) is 52.3 Å². The van der Waals surface area contributed by atoms with Gasteiger partial charge in [-0.25, -0.2) is 0 Å². The maximum Gasteiger partial charge on any atom is 0.219 e. The predicted octanol–water partition coefficient (Wildman–Crippen LogP) is 5.42. The molecule has 2 saturated heterocycles. The van der Waals surface area contributed by atoms with E-state index in [1.807, 2.05) is 0 Å². The SMILES string of the molecule is O=C1[C@@H]2[C@H](C=C[C@H]3[C@H]1[C@@]1(Cl)C(Cl)=C(Cl)[C@@]3(Cl)C13OCCO3)[C@@]1(Cl)C(Cl)=C(Cl)[C@@]2(Cl)C12OCCO2. The first kappa shape index (κ1) is 24.1. The van der Waals surface area contributed by atoms with Gasteiger partial charge in [-0.05, 0) is 0 Å². The average Bonchev–Trinajstić information content (AvgIpc) is 3.58. The number of hydrogen-bond acceptors (Lipinski definition) is 5. The number of hydrogen-bond donors (Lipinski definition) is 0. The Balaban J connectivity index is 1.48. The smallest absolute Gasteiger partial charge is 0.219 e. The van der Waals surface area contributed by atoms with E-state index in [1.165, 1.54) is 0 Å². The lowest BCUT2D eigenvalue weighted by Crippen LogP contribution is -2.58. The summed E-state index contributed by atoms with van der Waals surface area (Å²) < 4.78 is 24.1. The van der Waals surface area contributed by atoms with Crippen molar-refractivity contribution in [3.63, 3.8) is 0 Å². The van der Waals surface area contributed by atoms with Crippen molar-refractivity contribution >= 4 is 98.6 Å². The van der Waals surface area contributed by atoms with Gasteiger partial charge in [0.1, 0.15) is 25.3 Å². The van der Waals surface area contributed by atoms with Crippen molar-refractivity contribution < 1.29 is 23.7 Å². The Hall–Kier alpha value is 1.05. The summed E-state index contributed by atoms with van der Waals surface area (Å²) >= 11 is 55.6. The van der Waals surface area contributed by atoms with Crippen LogP contribution in [0.15, 0.2) is 32.3 Å².